The Labute approximate surface area is 129 Å². The van der Waals surface area contributed by atoms with Crippen LogP contribution in [0.4, 0.5) is 5.69 Å². The average Bonchev–Trinajstić information content (AvgIpc) is 2.45. The molecule has 0 saturated heterocycles. The Bertz CT molecular complexity index is 556. The van der Waals surface area contributed by atoms with Gasteiger partial charge in [-0.05, 0) is 37.1 Å². The number of nitrogens with two attached hydrogens (primary N) is 1. The molecule has 6 heteroatoms. The molecule has 3 N–H and O–H groups in total. The summed E-state index contributed by atoms with van der Waals surface area (Å²) >= 11 is 5.82. The Morgan fingerprint density at radius 3 is 2.76 bits per heavy atom. The first-order valence-electron chi connectivity index (χ1n) is 6.52. The molecule has 0 radical (unpaired) electrons. The number of hydrogen-bond donors (Lipinski definition) is 2. The maximum Gasteiger partial charge on any atom is 0.305 e. The Morgan fingerprint density at radius 1 is 1.43 bits per heavy atom. The molecule has 0 heterocycles. The van der Waals surface area contributed by atoms with Crippen LogP contribution >= 0.6 is 11.6 Å². The lowest BCUT2D eigenvalue weighted by Crippen LogP contribution is -2.25. The molecular formula is C15H19ClN2O3. The summed E-state index contributed by atoms with van der Waals surface area (Å²) in [6.07, 6.45) is 2.51. The molecule has 0 unspecified atom stereocenters. The molecule has 5 nitrogen and oxygen atoms in total. The third kappa shape index (κ3) is 5.87. The van der Waals surface area contributed by atoms with Crippen LogP contribution in [0.5, 0.6) is 0 Å². The normalized spacial score (nSPS) is 11.1. The second-order valence-corrected chi connectivity index (χ2v) is 4.97. The van der Waals surface area contributed by atoms with Crippen molar-refractivity contribution in [3.05, 3.63) is 34.4 Å². The fourth-order valence-electron chi connectivity index (χ4n) is 1.65. The average molecular weight is 311 g/mol. The molecular weight excluding hydrogens is 292 g/mol. The summed E-state index contributed by atoms with van der Waals surface area (Å²) in [5, 5.41) is 3.28. The maximum atomic E-state index is 11.9. The Kier molecular flexibility index (Phi) is 6.75. The number of halogens is 1. The lowest BCUT2D eigenvalue weighted by atomic mass is 10.1. The summed E-state index contributed by atoms with van der Waals surface area (Å²) in [6.45, 7) is 2.11. The summed E-state index contributed by atoms with van der Waals surface area (Å²) in [5.41, 5.74) is 7.61. The van der Waals surface area contributed by atoms with E-state index in [0.717, 1.165) is 5.56 Å². The second-order valence-electron chi connectivity index (χ2n) is 4.54. The number of amides is 1. The van der Waals surface area contributed by atoms with Crippen LogP contribution in [0, 0.1) is 0 Å². The van der Waals surface area contributed by atoms with Gasteiger partial charge in [-0.2, -0.15) is 0 Å². The molecule has 0 aromatic heterocycles. The molecule has 0 atom stereocenters. The molecule has 0 aliphatic heterocycles. The monoisotopic (exact) mass is 310 g/mol. The number of carbonyl (C=O) groups excluding carboxylic acids is 2. The smallest absolute Gasteiger partial charge is 0.305 e. The van der Waals surface area contributed by atoms with Crippen LogP contribution in [0.2, 0.25) is 5.02 Å². The van der Waals surface area contributed by atoms with Gasteiger partial charge in [-0.15, -0.1) is 0 Å². The first-order valence-corrected chi connectivity index (χ1v) is 6.90. The lowest BCUT2D eigenvalue weighted by Gasteiger charge is -2.06. The van der Waals surface area contributed by atoms with Crippen molar-refractivity contribution < 1.29 is 14.3 Å². The molecule has 0 fully saturated rings. The van der Waals surface area contributed by atoms with Crippen molar-refractivity contribution in [2.24, 2.45) is 0 Å². The maximum absolute atomic E-state index is 11.9. The van der Waals surface area contributed by atoms with Gasteiger partial charge in [0.2, 0.25) is 5.91 Å². The standard InChI is InChI=1S/C15H19ClN2O3/c1-10(8-11-5-6-12(16)9-13(11)17)15(20)18-7-3-4-14(19)21-2/h5-6,8-9H,3-4,7,17H2,1-2H3,(H,18,20). The third-order valence-corrected chi connectivity index (χ3v) is 3.09. The lowest BCUT2D eigenvalue weighted by molar-refractivity contribution is -0.140. The van der Waals surface area contributed by atoms with Crippen molar-refractivity contribution in [1.29, 1.82) is 0 Å². The van der Waals surface area contributed by atoms with Gasteiger partial charge in [-0.3, -0.25) is 9.59 Å². The van der Waals surface area contributed by atoms with Crippen LogP contribution in [0.25, 0.3) is 6.08 Å². The topological polar surface area (TPSA) is 81.4 Å². The van der Waals surface area contributed by atoms with Gasteiger partial charge in [0.1, 0.15) is 0 Å². The molecule has 0 spiro atoms. The molecule has 0 aliphatic carbocycles. The van der Waals surface area contributed by atoms with Gasteiger partial charge in [0.25, 0.3) is 0 Å². The summed E-state index contributed by atoms with van der Waals surface area (Å²) in [4.78, 5) is 22.8. The van der Waals surface area contributed by atoms with Crippen molar-refractivity contribution in [2.45, 2.75) is 19.8 Å². The predicted molar refractivity (Wildman–Crippen MR) is 83.8 cm³/mol. The summed E-state index contributed by atoms with van der Waals surface area (Å²) in [5.74, 6) is -0.486. The van der Waals surface area contributed by atoms with Crippen molar-refractivity contribution in [3.8, 4) is 0 Å². The molecule has 0 saturated carbocycles. The number of rotatable bonds is 6. The quantitative estimate of drug-likeness (QED) is 0.366. The fraction of sp³-hybridized carbons (Fsp3) is 0.333. The van der Waals surface area contributed by atoms with Crippen LogP contribution in [-0.2, 0) is 14.3 Å². The zero-order chi connectivity index (χ0) is 15.8. The number of benzene rings is 1. The molecule has 21 heavy (non-hydrogen) atoms. The molecule has 0 aliphatic rings. The van der Waals surface area contributed by atoms with Gasteiger partial charge in [0, 0.05) is 29.2 Å². The number of nitrogen functional groups attached to an aromatic ring is 1. The molecule has 1 rings (SSSR count). The minimum Gasteiger partial charge on any atom is -0.469 e. The van der Waals surface area contributed by atoms with Crippen LogP contribution in [-0.4, -0.2) is 25.5 Å². The Hall–Kier alpha value is -2.01. The number of nitrogens with one attached hydrogen (secondary N) is 1. The minimum atomic E-state index is -0.287. The van der Waals surface area contributed by atoms with Crippen molar-refractivity contribution in [3.63, 3.8) is 0 Å². The minimum absolute atomic E-state index is 0.200. The van der Waals surface area contributed by atoms with E-state index >= 15 is 0 Å². The summed E-state index contributed by atoms with van der Waals surface area (Å²) < 4.78 is 4.52. The van der Waals surface area contributed by atoms with E-state index in [1.54, 1.807) is 31.2 Å². The van der Waals surface area contributed by atoms with E-state index in [1.165, 1.54) is 7.11 Å². The van der Waals surface area contributed by atoms with Gasteiger partial charge in [0.15, 0.2) is 0 Å². The van der Waals surface area contributed by atoms with Gasteiger partial charge in [0.05, 0.1) is 7.11 Å². The molecule has 114 valence electrons. The van der Waals surface area contributed by atoms with Gasteiger partial charge < -0.3 is 15.8 Å². The number of carbonyl (C=O) groups is 2. The van der Waals surface area contributed by atoms with E-state index < -0.39 is 0 Å². The van der Waals surface area contributed by atoms with E-state index in [1.807, 2.05) is 0 Å². The molecule has 1 aromatic carbocycles. The number of anilines is 1. The number of methoxy groups -OCH3 is 1. The van der Waals surface area contributed by atoms with Crippen LogP contribution in [0.3, 0.4) is 0 Å². The molecule has 0 bridgehead atoms. The number of ether oxygens (including phenoxy) is 1. The molecule has 1 aromatic rings. The third-order valence-electron chi connectivity index (χ3n) is 2.85. The van der Waals surface area contributed by atoms with Gasteiger partial charge >= 0.3 is 5.97 Å². The summed E-state index contributed by atoms with van der Waals surface area (Å²) in [6, 6.07) is 5.10. The SMILES string of the molecule is COC(=O)CCCNC(=O)C(C)=Cc1ccc(Cl)cc1N. The number of esters is 1. The highest BCUT2D eigenvalue weighted by molar-refractivity contribution is 6.30. The van der Waals surface area contributed by atoms with E-state index in [4.69, 9.17) is 17.3 Å². The predicted octanol–water partition coefficient (Wildman–Crippen LogP) is 2.39. The van der Waals surface area contributed by atoms with Crippen LogP contribution in [0.15, 0.2) is 23.8 Å². The largest absolute Gasteiger partial charge is 0.469 e. The highest BCUT2D eigenvalue weighted by Gasteiger charge is 2.06. The van der Waals surface area contributed by atoms with Crippen LogP contribution in [0.1, 0.15) is 25.3 Å². The Morgan fingerprint density at radius 2 is 2.14 bits per heavy atom. The van der Waals surface area contributed by atoms with Crippen molar-refractivity contribution in [1.82, 2.24) is 5.32 Å². The van der Waals surface area contributed by atoms with Crippen molar-refractivity contribution in [2.75, 3.05) is 19.4 Å². The van der Waals surface area contributed by atoms with E-state index in [2.05, 4.69) is 10.1 Å². The van der Waals surface area contributed by atoms with E-state index in [-0.39, 0.29) is 18.3 Å². The summed E-state index contributed by atoms with van der Waals surface area (Å²) in [7, 11) is 1.34. The van der Waals surface area contributed by atoms with Crippen LogP contribution < -0.4 is 11.1 Å². The zero-order valence-corrected chi connectivity index (χ0v) is 12.9. The first-order chi connectivity index (χ1) is 9.93. The number of hydrogen-bond acceptors (Lipinski definition) is 4. The first kappa shape index (κ1) is 17.0. The highest BCUT2D eigenvalue weighted by atomic mass is 35.5. The van der Waals surface area contributed by atoms with Crippen molar-refractivity contribution >= 4 is 35.2 Å². The molecule has 1 amide bonds. The fourth-order valence-corrected chi connectivity index (χ4v) is 1.83. The highest BCUT2D eigenvalue weighted by Crippen LogP contribution is 2.20. The van der Waals surface area contributed by atoms with E-state index in [0.29, 0.717) is 29.2 Å². The van der Waals surface area contributed by atoms with E-state index in [9.17, 15) is 9.59 Å². The Balaban J connectivity index is 2.53. The zero-order valence-electron chi connectivity index (χ0n) is 12.1. The second kappa shape index (κ2) is 8.32. The van der Waals surface area contributed by atoms with Gasteiger partial charge in [-0.1, -0.05) is 17.7 Å². The van der Waals surface area contributed by atoms with Gasteiger partial charge in [-0.25, -0.2) is 0 Å².